The Labute approximate surface area is 97.6 Å². The third kappa shape index (κ3) is 1.94. The van der Waals surface area contributed by atoms with Crippen molar-refractivity contribution >= 4 is 11.6 Å². The predicted molar refractivity (Wildman–Crippen MR) is 60.6 cm³/mol. The maximum Gasteiger partial charge on any atom is 0.146 e. The zero-order valence-corrected chi connectivity index (χ0v) is 9.45. The molecule has 3 nitrogen and oxygen atoms in total. The molecule has 1 unspecified atom stereocenters. The summed E-state index contributed by atoms with van der Waals surface area (Å²) in [5, 5.41) is 4.21. The number of hydrogen-bond donors (Lipinski definition) is 1. The lowest BCUT2D eigenvalue weighted by atomic mass is 10.0. The van der Waals surface area contributed by atoms with Gasteiger partial charge in [-0.3, -0.25) is 4.68 Å². The minimum absolute atomic E-state index is 0.0730. The van der Waals surface area contributed by atoms with Gasteiger partial charge in [0.25, 0.3) is 0 Å². The third-order valence-electron chi connectivity index (χ3n) is 2.37. The van der Waals surface area contributed by atoms with Crippen molar-refractivity contribution in [1.82, 2.24) is 9.78 Å². The highest BCUT2D eigenvalue weighted by Crippen LogP contribution is 2.25. The van der Waals surface area contributed by atoms with Crippen molar-refractivity contribution in [1.29, 1.82) is 0 Å². The second-order valence-corrected chi connectivity index (χ2v) is 3.94. The first kappa shape index (κ1) is 11.1. The number of rotatable bonds is 2. The highest BCUT2D eigenvalue weighted by Gasteiger charge is 2.17. The van der Waals surface area contributed by atoms with E-state index in [2.05, 4.69) is 5.10 Å². The van der Waals surface area contributed by atoms with Crippen molar-refractivity contribution < 1.29 is 4.39 Å². The summed E-state index contributed by atoms with van der Waals surface area (Å²) in [5.74, 6) is -0.484. The van der Waals surface area contributed by atoms with Gasteiger partial charge in [0, 0.05) is 18.8 Å². The number of aryl methyl sites for hydroxylation is 1. The molecule has 0 saturated heterocycles. The Hall–Kier alpha value is -1.39. The second kappa shape index (κ2) is 4.23. The van der Waals surface area contributed by atoms with Crippen molar-refractivity contribution in [2.24, 2.45) is 12.8 Å². The number of halogens is 2. The van der Waals surface area contributed by atoms with Crippen molar-refractivity contribution in [3.63, 3.8) is 0 Å². The molecule has 1 atom stereocenters. The molecule has 2 rings (SSSR count). The van der Waals surface area contributed by atoms with E-state index in [0.29, 0.717) is 11.3 Å². The zero-order valence-electron chi connectivity index (χ0n) is 8.69. The zero-order chi connectivity index (χ0) is 11.7. The molecule has 2 N–H and O–H groups in total. The van der Waals surface area contributed by atoms with Crippen LogP contribution < -0.4 is 5.73 Å². The molecule has 0 fully saturated rings. The van der Waals surface area contributed by atoms with E-state index in [1.807, 2.05) is 0 Å². The molecule has 5 heteroatoms. The average molecular weight is 240 g/mol. The monoisotopic (exact) mass is 239 g/mol. The first-order chi connectivity index (χ1) is 7.59. The molecule has 0 amide bonds. The summed E-state index contributed by atoms with van der Waals surface area (Å²) in [4.78, 5) is 0. The lowest BCUT2D eigenvalue weighted by Gasteiger charge is -2.10. The molecule has 0 aliphatic heterocycles. The summed E-state index contributed by atoms with van der Waals surface area (Å²) >= 11 is 5.69. The molecule has 84 valence electrons. The van der Waals surface area contributed by atoms with Crippen LogP contribution in [-0.4, -0.2) is 9.78 Å². The van der Waals surface area contributed by atoms with E-state index >= 15 is 0 Å². The van der Waals surface area contributed by atoms with Crippen molar-refractivity contribution in [2.75, 3.05) is 0 Å². The quantitative estimate of drug-likeness (QED) is 0.874. The van der Waals surface area contributed by atoms with Crippen molar-refractivity contribution in [3.05, 3.63) is 52.6 Å². The molecule has 0 bridgehead atoms. The number of nitrogens with two attached hydrogens (primary N) is 1. The number of aromatic nitrogens is 2. The molecule has 2 aromatic rings. The Balaban J connectivity index is 2.41. The number of hydrogen-bond acceptors (Lipinski definition) is 2. The summed E-state index contributed by atoms with van der Waals surface area (Å²) in [6.07, 6.45) is 1.76. The third-order valence-corrected chi connectivity index (χ3v) is 2.66. The first-order valence-corrected chi connectivity index (χ1v) is 5.16. The second-order valence-electron chi connectivity index (χ2n) is 3.53. The van der Waals surface area contributed by atoms with Gasteiger partial charge in [0.15, 0.2) is 0 Å². The van der Waals surface area contributed by atoms with Crippen LogP contribution in [0.2, 0.25) is 5.02 Å². The lowest BCUT2D eigenvalue weighted by Crippen LogP contribution is -2.14. The smallest absolute Gasteiger partial charge is 0.146 e. The minimum Gasteiger partial charge on any atom is -0.319 e. The van der Waals surface area contributed by atoms with Crippen molar-refractivity contribution in [3.8, 4) is 0 Å². The molecule has 0 spiro atoms. The highest BCUT2D eigenvalue weighted by molar-refractivity contribution is 6.30. The summed E-state index contributed by atoms with van der Waals surface area (Å²) in [6, 6.07) is 5.93. The fourth-order valence-electron chi connectivity index (χ4n) is 1.52. The molecular weight excluding hydrogens is 229 g/mol. The Bertz CT molecular complexity index is 510. The highest BCUT2D eigenvalue weighted by atomic mass is 35.5. The van der Waals surface area contributed by atoms with E-state index in [-0.39, 0.29) is 5.02 Å². The van der Waals surface area contributed by atoms with E-state index in [9.17, 15) is 4.39 Å². The lowest BCUT2D eigenvalue weighted by molar-refractivity contribution is 0.594. The topological polar surface area (TPSA) is 43.8 Å². The van der Waals surface area contributed by atoms with E-state index in [1.165, 1.54) is 6.07 Å². The van der Waals surface area contributed by atoms with Gasteiger partial charge in [0.05, 0.1) is 16.8 Å². The Morgan fingerprint density at radius 3 is 2.81 bits per heavy atom. The fourth-order valence-corrected chi connectivity index (χ4v) is 1.70. The van der Waals surface area contributed by atoms with Crippen LogP contribution in [0.1, 0.15) is 17.3 Å². The van der Waals surface area contributed by atoms with Crippen LogP contribution in [0.4, 0.5) is 4.39 Å². The Kier molecular flexibility index (Phi) is 2.94. The van der Waals surface area contributed by atoms with Gasteiger partial charge in [-0.05, 0) is 12.1 Å². The molecule has 1 heterocycles. The van der Waals surface area contributed by atoms with Crippen LogP contribution in [0, 0.1) is 5.82 Å². The van der Waals surface area contributed by atoms with Gasteiger partial charge in [0.1, 0.15) is 5.82 Å². The summed E-state index contributed by atoms with van der Waals surface area (Å²) in [6.45, 7) is 0. The van der Waals surface area contributed by atoms with Crippen LogP contribution in [-0.2, 0) is 7.05 Å². The van der Waals surface area contributed by atoms with Gasteiger partial charge in [-0.2, -0.15) is 5.10 Å². The Morgan fingerprint density at radius 1 is 1.44 bits per heavy atom. The molecule has 0 saturated carbocycles. The minimum atomic E-state index is -0.597. The average Bonchev–Trinajstić information content (AvgIpc) is 2.68. The van der Waals surface area contributed by atoms with Crippen LogP contribution in [0.5, 0.6) is 0 Å². The summed E-state index contributed by atoms with van der Waals surface area (Å²) in [7, 11) is 1.78. The van der Waals surface area contributed by atoms with Gasteiger partial charge in [-0.1, -0.05) is 23.7 Å². The molecule has 16 heavy (non-hydrogen) atoms. The van der Waals surface area contributed by atoms with E-state index in [0.717, 1.165) is 0 Å². The largest absolute Gasteiger partial charge is 0.319 e. The van der Waals surface area contributed by atoms with E-state index < -0.39 is 11.9 Å². The van der Waals surface area contributed by atoms with Gasteiger partial charge in [-0.25, -0.2) is 4.39 Å². The van der Waals surface area contributed by atoms with Gasteiger partial charge in [0.2, 0.25) is 0 Å². The number of nitrogens with zero attached hydrogens (tertiary/aromatic N) is 2. The molecule has 0 aliphatic carbocycles. The van der Waals surface area contributed by atoms with E-state index in [4.69, 9.17) is 17.3 Å². The standard InChI is InChI=1S/C11H11ClFN3/c1-16-6-5-9(15-16)11(14)7-3-2-4-8(12)10(7)13/h2-6,11H,14H2,1H3. The van der Waals surface area contributed by atoms with Gasteiger partial charge in [-0.15, -0.1) is 0 Å². The van der Waals surface area contributed by atoms with Crippen LogP contribution in [0.3, 0.4) is 0 Å². The maximum atomic E-state index is 13.7. The fraction of sp³-hybridized carbons (Fsp3) is 0.182. The predicted octanol–water partition coefficient (Wildman–Crippen LogP) is 2.26. The molecule has 0 aliphatic rings. The summed E-state index contributed by atoms with van der Waals surface area (Å²) in [5.41, 5.74) is 6.89. The number of benzene rings is 1. The van der Waals surface area contributed by atoms with Crippen LogP contribution in [0.25, 0.3) is 0 Å². The SMILES string of the molecule is Cn1ccc(C(N)c2cccc(Cl)c2F)n1. The van der Waals surface area contributed by atoms with Crippen molar-refractivity contribution in [2.45, 2.75) is 6.04 Å². The Morgan fingerprint density at radius 2 is 2.19 bits per heavy atom. The molecule has 0 radical (unpaired) electrons. The molecule has 1 aromatic carbocycles. The van der Waals surface area contributed by atoms with Crippen LogP contribution in [0.15, 0.2) is 30.5 Å². The van der Waals surface area contributed by atoms with Gasteiger partial charge < -0.3 is 5.73 Å². The first-order valence-electron chi connectivity index (χ1n) is 4.78. The summed E-state index contributed by atoms with van der Waals surface area (Å²) < 4.78 is 15.3. The molecular formula is C11H11ClFN3. The maximum absolute atomic E-state index is 13.7. The van der Waals surface area contributed by atoms with Crippen LogP contribution >= 0.6 is 11.6 Å². The van der Waals surface area contributed by atoms with Gasteiger partial charge >= 0.3 is 0 Å². The molecule has 1 aromatic heterocycles. The van der Waals surface area contributed by atoms with E-state index in [1.54, 1.807) is 36.1 Å². The normalized spacial score (nSPS) is 12.8.